The lowest BCUT2D eigenvalue weighted by Crippen LogP contribution is -2.68. The van der Waals surface area contributed by atoms with Crippen molar-refractivity contribution >= 4 is 11.7 Å². The van der Waals surface area contributed by atoms with Gasteiger partial charge in [0.1, 0.15) is 29.0 Å². The molecule has 0 aliphatic carbocycles. The molecular formula is C28H29F2NO5. The molecule has 2 aliphatic rings. The van der Waals surface area contributed by atoms with Crippen LogP contribution in [0.4, 0.5) is 14.5 Å². The van der Waals surface area contributed by atoms with Crippen LogP contribution in [0.2, 0.25) is 0 Å². The number of fused-ring (bicyclic) bond motifs is 3. The van der Waals surface area contributed by atoms with Gasteiger partial charge in [-0.1, -0.05) is 30.3 Å². The van der Waals surface area contributed by atoms with Crippen molar-refractivity contribution in [3.63, 3.8) is 0 Å². The summed E-state index contributed by atoms with van der Waals surface area (Å²) in [5.74, 6) is -3.57. The zero-order valence-electron chi connectivity index (χ0n) is 20.6. The molecule has 2 aliphatic heterocycles. The van der Waals surface area contributed by atoms with E-state index in [1.54, 1.807) is 57.4 Å². The monoisotopic (exact) mass is 497 g/mol. The van der Waals surface area contributed by atoms with Gasteiger partial charge in [0.2, 0.25) is 5.54 Å². The molecule has 8 heteroatoms. The first-order valence-electron chi connectivity index (χ1n) is 12.0. The van der Waals surface area contributed by atoms with E-state index in [2.05, 4.69) is 5.32 Å². The number of halogens is 2. The summed E-state index contributed by atoms with van der Waals surface area (Å²) in [6.45, 7) is 5.15. The molecule has 0 saturated carbocycles. The summed E-state index contributed by atoms with van der Waals surface area (Å²) in [6, 6.07) is 16.0. The van der Waals surface area contributed by atoms with E-state index in [9.17, 15) is 4.79 Å². The van der Waals surface area contributed by atoms with Gasteiger partial charge in [-0.05, 0) is 63.1 Å². The molecular weight excluding hydrogens is 468 g/mol. The number of rotatable bonds is 6. The maximum atomic E-state index is 16.7. The number of nitrogens with one attached hydrogen (secondary N) is 1. The minimum atomic E-state index is -3.69. The first-order chi connectivity index (χ1) is 17.2. The number of hydrogen-bond donors (Lipinski definition) is 1. The van der Waals surface area contributed by atoms with Gasteiger partial charge >= 0.3 is 11.9 Å². The number of carbonyl (C=O) groups is 1. The predicted octanol–water partition coefficient (Wildman–Crippen LogP) is 5.90. The number of carbonyl (C=O) groups excluding carboxylic acids is 1. The molecule has 0 radical (unpaired) electrons. The Morgan fingerprint density at radius 1 is 1.17 bits per heavy atom. The Morgan fingerprint density at radius 2 is 1.92 bits per heavy atom. The summed E-state index contributed by atoms with van der Waals surface area (Å²) in [5.41, 5.74) is -2.76. The number of alkyl halides is 2. The van der Waals surface area contributed by atoms with Gasteiger partial charge in [-0.2, -0.15) is 8.78 Å². The Morgan fingerprint density at radius 3 is 2.56 bits per heavy atom. The highest BCUT2D eigenvalue weighted by Crippen LogP contribution is 2.60. The minimum absolute atomic E-state index is 0.0609. The number of esters is 1. The molecule has 0 amide bonds. The number of ether oxygens (including phenoxy) is 3. The second kappa shape index (κ2) is 8.62. The Balaban J connectivity index is 1.75. The second-order valence-corrected chi connectivity index (χ2v) is 9.54. The third-order valence-electron chi connectivity index (χ3n) is 7.27. The minimum Gasteiger partial charge on any atom is -0.497 e. The quantitative estimate of drug-likeness (QED) is 0.428. The maximum absolute atomic E-state index is 16.7. The van der Waals surface area contributed by atoms with E-state index in [0.29, 0.717) is 29.4 Å². The number of methoxy groups -OCH3 is 1. The Hall–Kier alpha value is -3.39. The Bertz CT molecular complexity index is 1280. The van der Waals surface area contributed by atoms with E-state index < -0.39 is 35.1 Å². The van der Waals surface area contributed by atoms with Crippen LogP contribution in [0.15, 0.2) is 65.1 Å². The summed E-state index contributed by atoms with van der Waals surface area (Å²) in [7, 11) is 1.54. The SMILES string of the molecule is CCOC(=O)[C@@]1(C(F)(F)c2ccccc2)Nc2ccc(OC)cc2[C@H]2C[C@](C)(c3ccc(C)o3)O[C@H]21. The molecule has 0 spiro atoms. The van der Waals surface area contributed by atoms with E-state index >= 15 is 8.78 Å². The summed E-state index contributed by atoms with van der Waals surface area (Å²) in [5, 5.41) is 2.92. The summed E-state index contributed by atoms with van der Waals surface area (Å²) in [4.78, 5) is 13.7. The lowest BCUT2D eigenvalue weighted by Gasteiger charge is -2.48. The molecule has 1 aromatic heterocycles. The van der Waals surface area contributed by atoms with Gasteiger partial charge in [-0.3, -0.25) is 0 Å². The molecule has 1 saturated heterocycles. The van der Waals surface area contributed by atoms with Crippen molar-refractivity contribution in [1.29, 1.82) is 0 Å². The Labute approximate surface area is 208 Å². The van der Waals surface area contributed by atoms with Crippen LogP contribution in [0.1, 0.15) is 48.8 Å². The van der Waals surface area contributed by atoms with Crippen LogP contribution >= 0.6 is 0 Å². The summed E-state index contributed by atoms with van der Waals surface area (Å²) >= 11 is 0. The average Bonchev–Trinajstić information content (AvgIpc) is 3.48. The van der Waals surface area contributed by atoms with E-state index in [1.807, 2.05) is 6.92 Å². The van der Waals surface area contributed by atoms with Crippen molar-refractivity contribution in [3.8, 4) is 5.75 Å². The van der Waals surface area contributed by atoms with Crippen molar-refractivity contribution < 1.29 is 32.2 Å². The number of aryl methyl sites for hydroxylation is 1. The molecule has 3 heterocycles. The lowest BCUT2D eigenvalue weighted by molar-refractivity contribution is -0.191. The van der Waals surface area contributed by atoms with Crippen molar-refractivity contribution in [2.75, 3.05) is 19.0 Å². The fraction of sp³-hybridized carbons (Fsp3) is 0.393. The van der Waals surface area contributed by atoms with Gasteiger partial charge in [-0.15, -0.1) is 0 Å². The zero-order chi connectivity index (χ0) is 25.7. The zero-order valence-corrected chi connectivity index (χ0v) is 20.6. The Kier molecular flexibility index (Phi) is 5.82. The number of hydrogen-bond acceptors (Lipinski definition) is 6. The fourth-order valence-electron chi connectivity index (χ4n) is 5.52. The van der Waals surface area contributed by atoms with Gasteiger partial charge in [0, 0.05) is 17.2 Å². The molecule has 36 heavy (non-hydrogen) atoms. The number of benzene rings is 2. The van der Waals surface area contributed by atoms with Crippen LogP contribution in [0, 0.1) is 6.92 Å². The van der Waals surface area contributed by atoms with Crippen molar-refractivity contribution in [3.05, 3.63) is 83.3 Å². The smallest absolute Gasteiger partial charge is 0.341 e. The van der Waals surface area contributed by atoms with E-state index in [0.717, 1.165) is 5.56 Å². The number of furan rings is 1. The largest absolute Gasteiger partial charge is 0.497 e. The molecule has 5 rings (SSSR count). The van der Waals surface area contributed by atoms with E-state index in [1.165, 1.54) is 24.3 Å². The molecule has 6 nitrogen and oxygen atoms in total. The molecule has 2 aromatic carbocycles. The molecule has 4 atom stereocenters. The third-order valence-corrected chi connectivity index (χ3v) is 7.27. The highest BCUT2D eigenvalue weighted by molar-refractivity contribution is 5.90. The normalized spacial score (nSPS) is 27.1. The highest BCUT2D eigenvalue weighted by atomic mass is 19.3. The first kappa shape index (κ1) is 24.3. The third kappa shape index (κ3) is 3.50. The van der Waals surface area contributed by atoms with Gasteiger partial charge in [0.25, 0.3) is 0 Å². The van der Waals surface area contributed by atoms with Crippen molar-refractivity contribution in [1.82, 2.24) is 0 Å². The van der Waals surface area contributed by atoms with Crippen LogP contribution in [-0.4, -0.2) is 31.3 Å². The number of anilines is 1. The van der Waals surface area contributed by atoms with Crippen molar-refractivity contribution in [2.24, 2.45) is 0 Å². The average molecular weight is 498 g/mol. The van der Waals surface area contributed by atoms with E-state index in [4.69, 9.17) is 18.6 Å². The topological polar surface area (TPSA) is 69.9 Å². The van der Waals surface area contributed by atoms with Gasteiger partial charge in [-0.25, -0.2) is 4.79 Å². The van der Waals surface area contributed by atoms with Crippen LogP contribution in [0.25, 0.3) is 0 Å². The van der Waals surface area contributed by atoms with Crippen LogP contribution in [0.3, 0.4) is 0 Å². The van der Waals surface area contributed by atoms with Crippen LogP contribution in [-0.2, 0) is 25.8 Å². The highest BCUT2D eigenvalue weighted by Gasteiger charge is 2.72. The summed E-state index contributed by atoms with van der Waals surface area (Å²) < 4.78 is 56.6. The molecule has 0 bridgehead atoms. The standard InChI is InChI=1S/C28H29F2NO5/c1-5-34-25(32)27(28(29,30)18-9-7-6-8-10-18)24-21(20-15-19(33-4)12-13-22(20)31-27)16-26(3,36-24)23-14-11-17(2)35-23/h6-15,21,24,31H,5,16H2,1-4H3/t21-,24-,26-,27+/m1/s1. The van der Waals surface area contributed by atoms with Crippen LogP contribution < -0.4 is 10.1 Å². The fourth-order valence-corrected chi connectivity index (χ4v) is 5.52. The molecule has 190 valence electrons. The molecule has 1 fully saturated rings. The van der Waals surface area contributed by atoms with Gasteiger partial charge in [0.15, 0.2) is 0 Å². The molecule has 0 unspecified atom stereocenters. The predicted molar refractivity (Wildman–Crippen MR) is 129 cm³/mol. The van der Waals surface area contributed by atoms with E-state index in [-0.39, 0.29) is 12.2 Å². The maximum Gasteiger partial charge on any atom is 0.341 e. The van der Waals surface area contributed by atoms with Gasteiger partial charge < -0.3 is 23.9 Å². The summed E-state index contributed by atoms with van der Waals surface area (Å²) in [6.07, 6.45) is -0.958. The second-order valence-electron chi connectivity index (χ2n) is 9.54. The van der Waals surface area contributed by atoms with Crippen LogP contribution in [0.5, 0.6) is 5.75 Å². The van der Waals surface area contributed by atoms with Gasteiger partial charge in [0.05, 0.1) is 13.7 Å². The lowest BCUT2D eigenvalue weighted by atomic mass is 9.70. The first-order valence-corrected chi connectivity index (χ1v) is 12.0. The molecule has 1 N–H and O–H groups in total. The molecule has 3 aromatic rings. The van der Waals surface area contributed by atoms with Crippen molar-refractivity contribution in [2.45, 2.75) is 56.3 Å².